The van der Waals surface area contributed by atoms with Gasteiger partial charge in [0.25, 0.3) is 0 Å². The summed E-state index contributed by atoms with van der Waals surface area (Å²) in [6, 6.07) is 35.2. The second-order valence-electron chi connectivity index (χ2n) is 9.35. The van der Waals surface area contributed by atoms with Crippen LogP contribution in [-0.4, -0.2) is 33.5 Å². The normalized spacial score (nSPS) is 12.2. The molecule has 1 amide bonds. The van der Waals surface area contributed by atoms with Gasteiger partial charge in [0.15, 0.2) is 5.15 Å². The lowest BCUT2D eigenvalue weighted by Gasteiger charge is -2.36. The van der Waals surface area contributed by atoms with Gasteiger partial charge < -0.3 is 4.90 Å². The van der Waals surface area contributed by atoms with E-state index in [1.165, 1.54) is 16.7 Å². The Morgan fingerprint density at radius 1 is 0.897 bits per heavy atom. The van der Waals surface area contributed by atoms with Crippen LogP contribution in [0.4, 0.5) is 5.69 Å². The summed E-state index contributed by atoms with van der Waals surface area (Å²) < 4.78 is 1.15. The Kier molecular flexibility index (Phi) is 8.15. The number of hydrogen-bond donors (Lipinski definition) is 0. The third-order valence-electron chi connectivity index (χ3n) is 6.77. The van der Waals surface area contributed by atoms with Gasteiger partial charge in [0.1, 0.15) is 5.69 Å². The molecule has 0 spiro atoms. The molecule has 1 unspecified atom stereocenters. The number of nitrogens with zero attached hydrogens (tertiary/aromatic N) is 4. The molecule has 0 saturated heterocycles. The fraction of sp³-hybridized carbons (Fsp3) is 0.156. The largest absolute Gasteiger partial charge is 0.311 e. The molecular formula is C32H29ClN4OS. The van der Waals surface area contributed by atoms with E-state index in [0.717, 1.165) is 5.69 Å². The molecule has 2 aromatic heterocycles. The number of aromatic nitrogens is 3. The smallest absolute Gasteiger partial charge is 0.230 e. The lowest BCUT2D eigenvalue weighted by atomic mass is 9.84. The third kappa shape index (κ3) is 5.49. The van der Waals surface area contributed by atoms with Gasteiger partial charge in [-0.2, -0.15) is 5.10 Å². The van der Waals surface area contributed by atoms with Crippen LogP contribution < -0.4 is 4.90 Å². The number of hydrogen-bond acceptors (Lipinski definition) is 4. The maximum Gasteiger partial charge on any atom is 0.230 e. The van der Waals surface area contributed by atoms with E-state index in [1.54, 1.807) is 47.0 Å². The van der Waals surface area contributed by atoms with Gasteiger partial charge in [-0.15, -0.1) is 11.8 Å². The first kappa shape index (κ1) is 26.7. The fourth-order valence-electron chi connectivity index (χ4n) is 4.73. The number of halogens is 1. The van der Waals surface area contributed by atoms with Gasteiger partial charge in [0, 0.05) is 24.9 Å². The summed E-state index contributed by atoms with van der Waals surface area (Å²) in [5, 5.41) is 4.66. The minimum Gasteiger partial charge on any atom is -0.311 e. The highest BCUT2D eigenvalue weighted by atomic mass is 35.5. The van der Waals surface area contributed by atoms with E-state index in [-0.39, 0.29) is 17.0 Å². The molecule has 0 fully saturated rings. The lowest BCUT2D eigenvalue weighted by molar-refractivity contribution is -0.120. The average molecular weight is 553 g/mol. The molecule has 39 heavy (non-hydrogen) atoms. The Hall–Kier alpha value is -3.87. The topological polar surface area (TPSA) is 51.0 Å². The predicted molar refractivity (Wildman–Crippen MR) is 161 cm³/mol. The molecule has 3 aromatic carbocycles. The van der Waals surface area contributed by atoms with Crippen LogP contribution in [-0.2, 0) is 9.54 Å². The number of carbonyl (C=O) groups excluding carboxylic acids is 1. The number of anilines is 1. The molecule has 0 aliphatic heterocycles. The number of benzene rings is 3. The Morgan fingerprint density at radius 3 is 1.92 bits per heavy atom. The zero-order valence-corrected chi connectivity index (χ0v) is 23.4. The highest BCUT2D eigenvalue weighted by Gasteiger charge is 2.38. The van der Waals surface area contributed by atoms with Crippen molar-refractivity contribution in [2.75, 3.05) is 17.7 Å². The predicted octanol–water partition coefficient (Wildman–Crippen LogP) is 7.24. The Morgan fingerprint density at radius 2 is 1.44 bits per heavy atom. The van der Waals surface area contributed by atoms with Crippen molar-refractivity contribution in [3.63, 3.8) is 0 Å². The van der Waals surface area contributed by atoms with E-state index in [9.17, 15) is 4.79 Å². The van der Waals surface area contributed by atoms with Crippen LogP contribution in [0.25, 0.3) is 5.69 Å². The Balaban J connectivity index is 1.45. The highest BCUT2D eigenvalue weighted by Crippen LogP contribution is 2.49. The fourth-order valence-corrected chi connectivity index (χ4v) is 6.54. The minimum atomic E-state index is -0.486. The lowest BCUT2D eigenvalue weighted by Crippen LogP contribution is -2.34. The standard InChI is InChI=1S/C32H29ClN4OS/c1-24(31(38)36(2)29-22-37(35-30(29)33)28-19-12-20-34-21-28)23-39-32(25-13-6-3-7-14-25,26-15-8-4-9-16-26)27-17-10-5-11-18-27/h3-22,24H,23H2,1-2H3. The van der Waals surface area contributed by atoms with Crippen LogP contribution in [0.1, 0.15) is 23.6 Å². The van der Waals surface area contributed by atoms with Crippen LogP contribution >= 0.6 is 23.4 Å². The zero-order valence-electron chi connectivity index (χ0n) is 21.8. The molecule has 2 heterocycles. The second-order valence-corrected chi connectivity index (χ2v) is 10.9. The number of amides is 1. The van der Waals surface area contributed by atoms with Crippen molar-refractivity contribution in [3.05, 3.63) is 144 Å². The van der Waals surface area contributed by atoms with Crippen molar-refractivity contribution in [2.45, 2.75) is 11.7 Å². The molecular weight excluding hydrogens is 524 g/mol. The molecule has 0 bridgehead atoms. The highest BCUT2D eigenvalue weighted by molar-refractivity contribution is 8.00. The zero-order chi connectivity index (χ0) is 27.2. The van der Waals surface area contributed by atoms with Crippen molar-refractivity contribution >= 4 is 35.0 Å². The molecule has 0 radical (unpaired) electrons. The van der Waals surface area contributed by atoms with Crippen LogP contribution in [0.15, 0.2) is 122 Å². The molecule has 7 heteroatoms. The van der Waals surface area contributed by atoms with Crippen LogP contribution in [0.2, 0.25) is 5.15 Å². The van der Waals surface area contributed by atoms with E-state index in [4.69, 9.17) is 11.6 Å². The third-order valence-corrected chi connectivity index (χ3v) is 8.84. The summed E-state index contributed by atoms with van der Waals surface area (Å²) in [4.78, 5) is 19.4. The van der Waals surface area contributed by atoms with Crippen LogP contribution in [0.5, 0.6) is 0 Å². The van der Waals surface area contributed by atoms with Gasteiger partial charge in [-0.05, 0) is 28.8 Å². The van der Waals surface area contributed by atoms with Gasteiger partial charge in [-0.25, -0.2) is 4.68 Å². The van der Waals surface area contributed by atoms with Crippen molar-refractivity contribution < 1.29 is 4.79 Å². The maximum atomic E-state index is 13.7. The Bertz CT molecular complexity index is 1410. The van der Waals surface area contributed by atoms with Crippen molar-refractivity contribution in [1.29, 1.82) is 0 Å². The molecule has 5 nitrogen and oxygen atoms in total. The summed E-state index contributed by atoms with van der Waals surface area (Å²) in [7, 11) is 1.75. The van der Waals surface area contributed by atoms with E-state index >= 15 is 0 Å². The average Bonchev–Trinajstić information content (AvgIpc) is 3.40. The van der Waals surface area contributed by atoms with Gasteiger partial charge in [-0.3, -0.25) is 9.78 Å². The van der Waals surface area contributed by atoms with Crippen molar-refractivity contribution in [3.8, 4) is 5.69 Å². The molecule has 1 atom stereocenters. The SMILES string of the molecule is CC(CSC(c1ccccc1)(c1ccccc1)c1ccccc1)C(=O)N(C)c1cn(-c2cccnc2)nc1Cl. The molecule has 5 aromatic rings. The van der Waals surface area contributed by atoms with E-state index in [2.05, 4.69) is 82.9 Å². The second kappa shape index (κ2) is 11.9. The molecule has 5 rings (SSSR count). The van der Waals surface area contributed by atoms with E-state index in [1.807, 2.05) is 37.3 Å². The molecule has 0 N–H and O–H groups in total. The summed E-state index contributed by atoms with van der Waals surface area (Å²) in [6.45, 7) is 1.97. The summed E-state index contributed by atoms with van der Waals surface area (Å²) in [5.41, 5.74) is 4.83. The van der Waals surface area contributed by atoms with Gasteiger partial charge in [0.2, 0.25) is 5.91 Å². The number of carbonyl (C=O) groups is 1. The van der Waals surface area contributed by atoms with Crippen molar-refractivity contribution in [2.24, 2.45) is 5.92 Å². The maximum absolute atomic E-state index is 13.7. The van der Waals surface area contributed by atoms with E-state index < -0.39 is 4.75 Å². The quantitative estimate of drug-likeness (QED) is 0.181. The molecule has 0 saturated carbocycles. The molecule has 0 aliphatic carbocycles. The Labute approximate surface area is 238 Å². The summed E-state index contributed by atoms with van der Waals surface area (Å²) in [6.07, 6.45) is 5.16. The van der Waals surface area contributed by atoms with Crippen molar-refractivity contribution in [1.82, 2.24) is 14.8 Å². The van der Waals surface area contributed by atoms with Crippen LogP contribution in [0, 0.1) is 5.92 Å². The first-order valence-corrected chi connectivity index (χ1v) is 14.1. The van der Waals surface area contributed by atoms with Gasteiger partial charge >= 0.3 is 0 Å². The van der Waals surface area contributed by atoms with E-state index in [0.29, 0.717) is 11.4 Å². The first-order valence-electron chi connectivity index (χ1n) is 12.7. The summed E-state index contributed by atoms with van der Waals surface area (Å²) >= 11 is 8.25. The van der Waals surface area contributed by atoms with Gasteiger partial charge in [-0.1, -0.05) is 110 Å². The number of thioether (sulfide) groups is 1. The minimum absolute atomic E-state index is 0.0294. The van der Waals surface area contributed by atoms with Gasteiger partial charge in [0.05, 0.1) is 22.8 Å². The number of pyridine rings is 1. The monoisotopic (exact) mass is 552 g/mol. The van der Waals surface area contributed by atoms with Crippen LogP contribution in [0.3, 0.4) is 0 Å². The summed E-state index contributed by atoms with van der Waals surface area (Å²) in [5.74, 6) is 0.280. The first-order chi connectivity index (χ1) is 19.0. The molecule has 0 aliphatic rings. The molecule has 196 valence electrons. The number of rotatable bonds is 9.